The molecule has 0 unspecified atom stereocenters. The molecule has 0 aliphatic rings. The van der Waals surface area contributed by atoms with Gasteiger partial charge in [0, 0.05) is 5.56 Å². The minimum Gasteiger partial charge on any atom is -0.506 e. The lowest BCUT2D eigenvalue weighted by atomic mass is 10.1. The van der Waals surface area contributed by atoms with E-state index < -0.39 is 11.7 Å². The molecule has 20 heavy (non-hydrogen) atoms. The van der Waals surface area contributed by atoms with E-state index in [1.807, 2.05) is 0 Å². The number of alkyl carbamates (subject to hydrolysis) is 1. The normalized spacial score (nSPS) is 10.4. The standard InChI is InChI=1S/C15H18ClNO3/c1-10-8-11(9-12(16)13(10)18)6-5-7-17-14(19)20-15(2,3)4/h8-9,18H,7H2,1-4H3,(H,17,19). The van der Waals surface area contributed by atoms with Crippen molar-refractivity contribution in [2.24, 2.45) is 0 Å². The molecule has 1 aromatic rings. The predicted octanol–water partition coefficient (Wildman–Crippen LogP) is 3.23. The molecule has 2 N–H and O–H groups in total. The van der Waals surface area contributed by atoms with Crippen LogP contribution in [0.25, 0.3) is 0 Å². The van der Waals surface area contributed by atoms with Gasteiger partial charge in [0.25, 0.3) is 0 Å². The summed E-state index contributed by atoms with van der Waals surface area (Å²) in [7, 11) is 0. The third-order valence-electron chi connectivity index (χ3n) is 2.21. The Kier molecular flexibility index (Phi) is 5.29. The van der Waals surface area contributed by atoms with Crippen LogP contribution in [0.1, 0.15) is 31.9 Å². The molecular weight excluding hydrogens is 278 g/mol. The van der Waals surface area contributed by atoms with Crippen molar-refractivity contribution in [1.82, 2.24) is 5.32 Å². The van der Waals surface area contributed by atoms with Gasteiger partial charge in [-0.3, -0.25) is 0 Å². The fourth-order valence-corrected chi connectivity index (χ4v) is 1.65. The van der Waals surface area contributed by atoms with Crippen molar-refractivity contribution in [2.75, 3.05) is 6.54 Å². The summed E-state index contributed by atoms with van der Waals surface area (Å²) in [6.45, 7) is 7.29. The van der Waals surface area contributed by atoms with Gasteiger partial charge in [-0.05, 0) is 45.4 Å². The summed E-state index contributed by atoms with van der Waals surface area (Å²) < 4.78 is 5.07. The third-order valence-corrected chi connectivity index (χ3v) is 2.49. The molecule has 0 aromatic heterocycles. The Bertz CT molecular complexity index is 542. The van der Waals surface area contributed by atoms with Gasteiger partial charge in [-0.25, -0.2) is 4.79 Å². The molecule has 108 valence electrons. The number of nitrogens with one attached hydrogen (secondary N) is 1. The number of aromatic hydroxyl groups is 1. The van der Waals surface area contributed by atoms with Gasteiger partial charge < -0.3 is 15.2 Å². The summed E-state index contributed by atoms with van der Waals surface area (Å²) in [5.41, 5.74) is 0.803. The Hall–Kier alpha value is -1.86. The van der Waals surface area contributed by atoms with Gasteiger partial charge in [0.05, 0.1) is 11.6 Å². The monoisotopic (exact) mass is 295 g/mol. The van der Waals surface area contributed by atoms with Crippen LogP contribution in [-0.4, -0.2) is 23.3 Å². The zero-order valence-corrected chi connectivity index (χ0v) is 12.8. The Morgan fingerprint density at radius 2 is 2.10 bits per heavy atom. The fraction of sp³-hybridized carbons (Fsp3) is 0.400. The maximum absolute atomic E-state index is 11.4. The van der Waals surface area contributed by atoms with Crippen molar-refractivity contribution < 1.29 is 14.6 Å². The average Bonchev–Trinajstić information content (AvgIpc) is 2.29. The summed E-state index contributed by atoms with van der Waals surface area (Å²) in [6, 6.07) is 3.30. The van der Waals surface area contributed by atoms with Crippen LogP contribution in [0.5, 0.6) is 5.75 Å². The third kappa shape index (κ3) is 5.41. The van der Waals surface area contributed by atoms with E-state index in [1.165, 1.54) is 0 Å². The summed E-state index contributed by atoms with van der Waals surface area (Å²) in [6.07, 6.45) is -0.508. The maximum atomic E-state index is 11.4. The zero-order valence-electron chi connectivity index (χ0n) is 12.0. The number of hydrogen-bond acceptors (Lipinski definition) is 3. The van der Waals surface area contributed by atoms with Crippen molar-refractivity contribution in [3.63, 3.8) is 0 Å². The van der Waals surface area contributed by atoms with E-state index in [0.29, 0.717) is 11.1 Å². The van der Waals surface area contributed by atoms with Crippen LogP contribution in [0, 0.1) is 18.8 Å². The molecule has 0 radical (unpaired) electrons. The average molecular weight is 296 g/mol. The van der Waals surface area contributed by atoms with Gasteiger partial charge in [-0.15, -0.1) is 0 Å². The Labute approximate surface area is 124 Å². The Balaban J connectivity index is 2.58. The van der Waals surface area contributed by atoms with E-state index in [4.69, 9.17) is 16.3 Å². The number of rotatable bonds is 1. The van der Waals surface area contributed by atoms with Gasteiger partial charge in [-0.2, -0.15) is 0 Å². The number of ether oxygens (including phenoxy) is 1. The number of halogens is 1. The number of benzene rings is 1. The number of phenols is 1. The smallest absolute Gasteiger partial charge is 0.408 e. The fourth-order valence-electron chi connectivity index (χ4n) is 1.39. The molecule has 1 amide bonds. The highest BCUT2D eigenvalue weighted by molar-refractivity contribution is 6.32. The molecule has 0 aliphatic carbocycles. The molecule has 1 aromatic carbocycles. The molecular formula is C15H18ClNO3. The first-order chi connectivity index (χ1) is 9.19. The predicted molar refractivity (Wildman–Crippen MR) is 79.0 cm³/mol. The molecule has 0 heterocycles. The topological polar surface area (TPSA) is 58.6 Å². The van der Waals surface area contributed by atoms with E-state index in [2.05, 4.69) is 17.2 Å². The first-order valence-electron chi connectivity index (χ1n) is 6.14. The molecule has 0 aliphatic heterocycles. The first-order valence-corrected chi connectivity index (χ1v) is 6.51. The summed E-state index contributed by atoms with van der Waals surface area (Å²) in [5.74, 6) is 5.71. The lowest BCUT2D eigenvalue weighted by Gasteiger charge is -2.19. The van der Waals surface area contributed by atoms with Crippen LogP contribution < -0.4 is 5.32 Å². The zero-order chi connectivity index (χ0) is 15.3. The lowest BCUT2D eigenvalue weighted by Crippen LogP contribution is -2.32. The van der Waals surface area contributed by atoms with Crippen LogP contribution in [0.4, 0.5) is 4.79 Å². The van der Waals surface area contributed by atoms with Crippen LogP contribution in [0.15, 0.2) is 12.1 Å². The second-order valence-corrected chi connectivity index (χ2v) is 5.69. The van der Waals surface area contributed by atoms with Crippen LogP contribution in [0.3, 0.4) is 0 Å². The lowest BCUT2D eigenvalue weighted by molar-refractivity contribution is 0.0535. The van der Waals surface area contributed by atoms with Crippen molar-refractivity contribution in [2.45, 2.75) is 33.3 Å². The molecule has 0 saturated carbocycles. The molecule has 0 bridgehead atoms. The van der Waals surface area contributed by atoms with Crippen molar-refractivity contribution in [1.29, 1.82) is 0 Å². The summed E-state index contributed by atoms with van der Waals surface area (Å²) in [5, 5.41) is 12.3. The molecule has 5 heteroatoms. The van der Waals surface area contributed by atoms with Gasteiger partial charge in [-0.1, -0.05) is 23.4 Å². The SMILES string of the molecule is Cc1cc(C#CCNC(=O)OC(C)(C)C)cc(Cl)c1O. The highest BCUT2D eigenvalue weighted by atomic mass is 35.5. The van der Waals surface area contributed by atoms with Gasteiger partial charge in [0.15, 0.2) is 0 Å². The number of aryl methyl sites for hydroxylation is 1. The molecule has 4 nitrogen and oxygen atoms in total. The Morgan fingerprint density at radius 3 is 2.65 bits per heavy atom. The van der Waals surface area contributed by atoms with Gasteiger partial charge >= 0.3 is 6.09 Å². The minimum atomic E-state index is -0.529. The minimum absolute atomic E-state index is 0.0593. The molecule has 0 spiro atoms. The highest BCUT2D eigenvalue weighted by Crippen LogP contribution is 2.27. The summed E-state index contributed by atoms with van der Waals surface area (Å²) >= 11 is 5.85. The van der Waals surface area contributed by atoms with E-state index in [0.717, 1.165) is 0 Å². The quantitative estimate of drug-likeness (QED) is 0.782. The van der Waals surface area contributed by atoms with E-state index in [9.17, 15) is 9.90 Å². The van der Waals surface area contributed by atoms with Gasteiger partial charge in [0.2, 0.25) is 0 Å². The van der Waals surface area contributed by atoms with Crippen LogP contribution in [0.2, 0.25) is 5.02 Å². The molecule has 0 saturated heterocycles. The second-order valence-electron chi connectivity index (χ2n) is 5.28. The van der Waals surface area contributed by atoms with Crippen LogP contribution in [-0.2, 0) is 4.74 Å². The van der Waals surface area contributed by atoms with E-state index in [-0.39, 0.29) is 17.3 Å². The van der Waals surface area contributed by atoms with Crippen molar-refractivity contribution in [3.05, 3.63) is 28.3 Å². The number of hydrogen-bond donors (Lipinski definition) is 2. The number of amides is 1. The van der Waals surface area contributed by atoms with Crippen molar-refractivity contribution in [3.8, 4) is 17.6 Å². The van der Waals surface area contributed by atoms with E-state index in [1.54, 1.807) is 39.8 Å². The number of phenolic OH excluding ortho intramolecular Hbond substituents is 1. The highest BCUT2D eigenvalue weighted by Gasteiger charge is 2.15. The van der Waals surface area contributed by atoms with Crippen molar-refractivity contribution >= 4 is 17.7 Å². The van der Waals surface area contributed by atoms with Gasteiger partial charge in [0.1, 0.15) is 11.4 Å². The summed E-state index contributed by atoms with van der Waals surface area (Å²) in [4.78, 5) is 11.4. The first kappa shape index (κ1) is 16.2. The maximum Gasteiger partial charge on any atom is 0.408 e. The Morgan fingerprint density at radius 1 is 1.45 bits per heavy atom. The molecule has 0 fully saturated rings. The number of carbonyl (C=O) groups excluding carboxylic acids is 1. The molecule has 1 rings (SSSR count). The van der Waals surface area contributed by atoms with Crippen LogP contribution >= 0.6 is 11.6 Å². The largest absolute Gasteiger partial charge is 0.506 e. The molecule has 0 atom stereocenters. The number of carbonyl (C=O) groups is 1. The second kappa shape index (κ2) is 6.53. The van der Waals surface area contributed by atoms with E-state index >= 15 is 0 Å².